The highest BCUT2D eigenvalue weighted by atomic mass is 16.4. The van der Waals surface area contributed by atoms with Crippen LogP contribution in [-0.4, -0.2) is 74.6 Å². The lowest BCUT2D eigenvalue weighted by atomic mass is 10.0. The number of H-pyrrole nitrogens is 1. The maximum Gasteiger partial charge on any atom is 0.326 e. The SMILES string of the molecule is CC(C)C(NC(=O)C(CCCCN)NC(=O)C(N)Cc1ccc(O)cc1)C(=O)NC(Cc1cnc[nH]1)C(=O)O. The summed E-state index contributed by atoms with van der Waals surface area (Å²) in [4.78, 5) is 57.5. The molecule has 4 atom stereocenters. The molecule has 1 heterocycles. The topological polar surface area (TPSA) is 226 Å². The number of nitrogens with two attached hydrogens (primary N) is 2. The number of aliphatic carboxylic acids is 1. The van der Waals surface area contributed by atoms with Crippen LogP contribution < -0.4 is 27.4 Å². The summed E-state index contributed by atoms with van der Waals surface area (Å²) >= 11 is 0. The van der Waals surface area contributed by atoms with Crippen LogP contribution in [0.4, 0.5) is 0 Å². The van der Waals surface area contributed by atoms with Crippen molar-refractivity contribution in [3.8, 4) is 5.75 Å². The van der Waals surface area contributed by atoms with E-state index in [0.29, 0.717) is 25.1 Å². The molecule has 1 aromatic carbocycles. The van der Waals surface area contributed by atoms with Gasteiger partial charge in [-0.05, 0) is 55.8 Å². The summed E-state index contributed by atoms with van der Waals surface area (Å²) in [5.74, 6) is -3.33. The molecule has 0 aliphatic rings. The van der Waals surface area contributed by atoms with Gasteiger partial charge in [0.1, 0.15) is 23.9 Å². The van der Waals surface area contributed by atoms with E-state index in [4.69, 9.17) is 11.5 Å². The molecule has 0 saturated carbocycles. The molecule has 0 bridgehead atoms. The van der Waals surface area contributed by atoms with Gasteiger partial charge >= 0.3 is 5.97 Å². The molecule has 2 rings (SSSR count). The third kappa shape index (κ3) is 10.4. The Hall–Kier alpha value is -3.97. The van der Waals surface area contributed by atoms with Gasteiger partial charge in [-0.3, -0.25) is 14.4 Å². The summed E-state index contributed by atoms with van der Waals surface area (Å²) in [6, 6.07) is 2.04. The zero-order valence-electron chi connectivity index (χ0n) is 22.2. The van der Waals surface area contributed by atoms with E-state index in [1.54, 1.807) is 26.0 Å². The van der Waals surface area contributed by atoms with Crippen molar-refractivity contribution in [3.05, 3.63) is 48.0 Å². The smallest absolute Gasteiger partial charge is 0.326 e. The Kier molecular flexibility index (Phi) is 12.4. The first-order valence-corrected chi connectivity index (χ1v) is 12.9. The summed E-state index contributed by atoms with van der Waals surface area (Å²) < 4.78 is 0. The molecule has 0 aliphatic carbocycles. The molecule has 10 N–H and O–H groups in total. The molecule has 4 unspecified atom stereocenters. The summed E-state index contributed by atoms with van der Waals surface area (Å²) in [5, 5.41) is 26.8. The van der Waals surface area contributed by atoms with Gasteiger partial charge in [0.05, 0.1) is 12.4 Å². The number of nitrogens with zero attached hydrogens (tertiary/aromatic N) is 1. The van der Waals surface area contributed by atoms with Gasteiger partial charge in [-0.2, -0.15) is 0 Å². The van der Waals surface area contributed by atoms with Crippen LogP contribution in [0.1, 0.15) is 44.4 Å². The Labute approximate surface area is 227 Å². The van der Waals surface area contributed by atoms with Crippen LogP contribution in [0.3, 0.4) is 0 Å². The molecule has 214 valence electrons. The highest BCUT2D eigenvalue weighted by Crippen LogP contribution is 2.12. The second kappa shape index (κ2) is 15.4. The van der Waals surface area contributed by atoms with Crippen LogP contribution >= 0.6 is 0 Å². The average molecular weight is 546 g/mol. The van der Waals surface area contributed by atoms with Crippen LogP contribution in [0.2, 0.25) is 0 Å². The largest absolute Gasteiger partial charge is 0.508 e. The number of carboxylic acid groups (broad SMARTS) is 1. The number of aromatic hydroxyl groups is 1. The van der Waals surface area contributed by atoms with Gasteiger partial charge in [-0.1, -0.05) is 26.0 Å². The Morgan fingerprint density at radius 2 is 1.62 bits per heavy atom. The molecule has 0 radical (unpaired) electrons. The molecule has 0 saturated heterocycles. The molecule has 13 nitrogen and oxygen atoms in total. The monoisotopic (exact) mass is 545 g/mol. The number of carboxylic acids is 1. The Morgan fingerprint density at radius 3 is 2.18 bits per heavy atom. The number of aromatic amines is 1. The molecule has 2 aromatic rings. The number of phenolic OH excluding ortho intramolecular Hbond substituents is 1. The highest BCUT2D eigenvalue weighted by Gasteiger charge is 2.32. The van der Waals surface area contributed by atoms with Gasteiger partial charge in [0, 0.05) is 18.3 Å². The van der Waals surface area contributed by atoms with Crippen LogP contribution in [0.15, 0.2) is 36.8 Å². The molecule has 13 heteroatoms. The Balaban J connectivity index is 2.08. The number of hydrogen-bond donors (Lipinski definition) is 8. The average Bonchev–Trinajstić information content (AvgIpc) is 3.40. The quantitative estimate of drug-likeness (QED) is 0.128. The fourth-order valence-corrected chi connectivity index (χ4v) is 3.89. The molecule has 0 fully saturated rings. The van der Waals surface area contributed by atoms with Crippen LogP contribution in [0.5, 0.6) is 5.75 Å². The maximum absolute atomic E-state index is 13.3. The van der Waals surface area contributed by atoms with Crippen molar-refractivity contribution in [2.75, 3.05) is 6.54 Å². The van der Waals surface area contributed by atoms with E-state index in [0.717, 1.165) is 5.56 Å². The lowest BCUT2D eigenvalue weighted by molar-refractivity contribution is -0.142. The fraction of sp³-hybridized carbons (Fsp3) is 0.500. The lowest BCUT2D eigenvalue weighted by Gasteiger charge is -2.27. The van der Waals surface area contributed by atoms with Gasteiger partial charge in [0.2, 0.25) is 17.7 Å². The van der Waals surface area contributed by atoms with Crippen molar-refractivity contribution in [2.24, 2.45) is 17.4 Å². The van der Waals surface area contributed by atoms with Crippen molar-refractivity contribution in [1.82, 2.24) is 25.9 Å². The van der Waals surface area contributed by atoms with Crippen molar-refractivity contribution in [3.63, 3.8) is 0 Å². The minimum absolute atomic E-state index is 0.0173. The van der Waals surface area contributed by atoms with Gasteiger partial charge in [-0.15, -0.1) is 0 Å². The molecular formula is C26H39N7O6. The number of nitrogens with one attached hydrogen (secondary N) is 4. The first-order chi connectivity index (χ1) is 18.5. The summed E-state index contributed by atoms with van der Waals surface area (Å²) in [6.07, 6.45) is 4.48. The fourth-order valence-electron chi connectivity index (χ4n) is 3.89. The van der Waals surface area contributed by atoms with E-state index >= 15 is 0 Å². The molecular weight excluding hydrogens is 506 g/mol. The second-order valence-corrected chi connectivity index (χ2v) is 9.73. The van der Waals surface area contributed by atoms with Crippen LogP contribution in [0.25, 0.3) is 0 Å². The number of phenols is 1. The van der Waals surface area contributed by atoms with E-state index in [9.17, 15) is 29.4 Å². The molecule has 39 heavy (non-hydrogen) atoms. The van der Waals surface area contributed by atoms with Gasteiger partial charge in [-0.25, -0.2) is 9.78 Å². The first-order valence-electron chi connectivity index (χ1n) is 12.9. The van der Waals surface area contributed by atoms with Crippen LogP contribution in [-0.2, 0) is 32.0 Å². The number of unbranched alkanes of at least 4 members (excludes halogenated alkanes) is 1. The van der Waals surface area contributed by atoms with Crippen LogP contribution in [0, 0.1) is 5.92 Å². The molecule has 1 aromatic heterocycles. The summed E-state index contributed by atoms with van der Waals surface area (Å²) in [6.45, 7) is 3.84. The van der Waals surface area contributed by atoms with Gasteiger partial charge in [0.15, 0.2) is 0 Å². The third-order valence-corrected chi connectivity index (χ3v) is 6.15. The molecule has 0 spiro atoms. The predicted octanol–water partition coefficient (Wildman–Crippen LogP) is -0.448. The standard InChI is InChI=1S/C26H39N7O6/c1-15(2)22(25(37)32-21(26(38)39)12-17-13-29-14-30-17)33-24(36)20(5-3-4-10-27)31-23(35)19(28)11-16-6-8-18(34)9-7-16/h6-9,13-15,19-22,34H,3-5,10-12,27-28H2,1-2H3,(H,29,30)(H,31,35)(H,32,37)(H,33,36)(H,38,39). The molecule has 3 amide bonds. The number of aromatic nitrogens is 2. The minimum atomic E-state index is -1.24. The van der Waals surface area contributed by atoms with Gasteiger partial charge in [0.25, 0.3) is 0 Å². The zero-order valence-corrected chi connectivity index (χ0v) is 22.2. The Bertz CT molecular complexity index is 1070. The van der Waals surface area contributed by atoms with Crippen molar-refractivity contribution < 1.29 is 29.4 Å². The third-order valence-electron chi connectivity index (χ3n) is 6.15. The van der Waals surface area contributed by atoms with Crippen molar-refractivity contribution >= 4 is 23.7 Å². The highest BCUT2D eigenvalue weighted by molar-refractivity contribution is 5.94. The van der Waals surface area contributed by atoms with E-state index in [2.05, 4.69) is 25.9 Å². The van der Waals surface area contributed by atoms with E-state index in [1.165, 1.54) is 24.7 Å². The number of benzene rings is 1. The normalized spacial score (nSPS) is 14.2. The van der Waals surface area contributed by atoms with E-state index in [-0.39, 0.29) is 30.9 Å². The van der Waals surface area contributed by atoms with Crippen molar-refractivity contribution in [2.45, 2.75) is 70.1 Å². The summed E-state index contributed by atoms with van der Waals surface area (Å²) in [5.41, 5.74) is 12.9. The second-order valence-electron chi connectivity index (χ2n) is 9.73. The minimum Gasteiger partial charge on any atom is -0.508 e. The van der Waals surface area contributed by atoms with Crippen molar-refractivity contribution in [1.29, 1.82) is 0 Å². The zero-order chi connectivity index (χ0) is 28.9. The first kappa shape index (κ1) is 31.2. The Morgan fingerprint density at radius 1 is 0.949 bits per heavy atom. The van der Waals surface area contributed by atoms with E-state index in [1.807, 2.05) is 0 Å². The number of amides is 3. The number of carbonyl (C=O) groups excluding carboxylic acids is 3. The summed E-state index contributed by atoms with van der Waals surface area (Å²) in [7, 11) is 0. The number of rotatable bonds is 16. The maximum atomic E-state index is 13.3. The number of imidazole rings is 1. The predicted molar refractivity (Wildman–Crippen MR) is 143 cm³/mol. The van der Waals surface area contributed by atoms with Gasteiger partial charge < -0.3 is 42.6 Å². The molecule has 0 aliphatic heterocycles. The van der Waals surface area contributed by atoms with E-state index < -0.39 is 47.9 Å². The number of carbonyl (C=O) groups is 4. The lowest BCUT2D eigenvalue weighted by Crippen LogP contribution is -2.58. The number of hydrogen-bond acceptors (Lipinski definition) is 8.